The van der Waals surface area contributed by atoms with E-state index in [0.717, 1.165) is 29.8 Å². The largest absolute Gasteiger partial charge is 0.481 e. The second-order valence-corrected chi connectivity index (χ2v) is 5.91. The van der Waals surface area contributed by atoms with Crippen molar-refractivity contribution in [3.8, 4) is 5.88 Å². The van der Waals surface area contributed by atoms with E-state index in [2.05, 4.69) is 30.2 Å². The Labute approximate surface area is 116 Å². The summed E-state index contributed by atoms with van der Waals surface area (Å²) in [5.74, 6) is 2.50. The van der Waals surface area contributed by atoms with Gasteiger partial charge < -0.3 is 10.1 Å². The minimum atomic E-state index is 0.653. The Bertz CT molecular complexity index is 384. The number of aromatic nitrogens is 1. The summed E-state index contributed by atoms with van der Waals surface area (Å²) >= 11 is 0. The number of pyridine rings is 1. The van der Waals surface area contributed by atoms with Crippen LogP contribution in [0.15, 0.2) is 18.3 Å². The number of hydrogen-bond acceptors (Lipinski definition) is 3. The van der Waals surface area contributed by atoms with Crippen molar-refractivity contribution in [1.82, 2.24) is 10.3 Å². The van der Waals surface area contributed by atoms with Gasteiger partial charge >= 0.3 is 0 Å². The highest BCUT2D eigenvalue weighted by Crippen LogP contribution is 2.30. The van der Waals surface area contributed by atoms with Crippen molar-refractivity contribution in [1.29, 1.82) is 0 Å². The van der Waals surface area contributed by atoms with Gasteiger partial charge in [-0.15, -0.1) is 0 Å². The van der Waals surface area contributed by atoms with Gasteiger partial charge in [0, 0.05) is 24.3 Å². The third-order valence-corrected chi connectivity index (χ3v) is 4.34. The van der Waals surface area contributed by atoms with Gasteiger partial charge in [0.15, 0.2) is 0 Å². The molecular formula is C16H26N2O. The molecule has 19 heavy (non-hydrogen) atoms. The normalized spacial score (nSPS) is 23.6. The first-order valence-corrected chi connectivity index (χ1v) is 7.42. The lowest BCUT2D eigenvalue weighted by Crippen LogP contribution is -2.33. The van der Waals surface area contributed by atoms with Gasteiger partial charge in [-0.3, -0.25) is 0 Å². The van der Waals surface area contributed by atoms with Crippen LogP contribution in [0.5, 0.6) is 5.88 Å². The smallest absolute Gasteiger partial charge is 0.217 e. The van der Waals surface area contributed by atoms with Crippen LogP contribution >= 0.6 is 0 Å². The van der Waals surface area contributed by atoms with Gasteiger partial charge in [-0.2, -0.15) is 0 Å². The number of hydrogen-bond donors (Lipinski definition) is 1. The first-order valence-electron chi connectivity index (χ1n) is 7.42. The first kappa shape index (κ1) is 14.3. The highest BCUT2D eigenvalue weighted by atomic mass is 16.5. The van der Waals surface area contributed by atoms with Crippen LogP contribution in [0.25, 0.3) is 0 Å². The summed E-state index contributed by atoms with van der Waals surface area (Å²) in [5, 5.41) is 3.65. The zero-order valence-corrected chi connectivity index (χ0v) is 12.4. The Balaban J connectivity index is 1.80. The van der Waals surface area contributed by atoms with E-state index in [4.69, 9.17) is 4.74 Å². The van der Waals surface area contributed by atoms with Crippen LogP contribution in [0.2, 0.25) is 0 Å². The van der Waals surface area contributed by atoms with E-state index in [1.807, 2.05) is 6.07 Å². The van der Waals surface area contributed by atoms with Gasteiger partial charge in [-0.1, -0.05) is 19.9 Å². The lowest BCUT2D eigenvalue weighted by Gasteiger charge is -2.31. The number of nitrogens with zero attached hydrogens (tertiary/aromatic N) is 1. The van der Waals surface area contributed by atoms with Gasteiger partial charge in [0.05, 0.1) is 7.11 Å². The first-order chi connectivity index (χ1) is 9.20. The van der Waals surface area contributed by atoms with Crippen LogP contribution in [-0.4, -0.2) is 18.1 Å². The molecule has 0 unspecified atom stereocenters. The molecule has 0 radical (unpaired) electrons. The molecule has 1 aliphatic carbocycles. The highest BCUT2D eigenvalue weighted by molar-refractivity contribution is 5.25. The van der Waals surface area contributed by atoms with E-state index in [1.165, 1.54) is 25.7 Å². The zero-order chi connectivity index (χ0) is 13.7. The molecule has 2 rings (SSSR count). The Morgan fingerprint density at radius 1 is 1.32 bits per heavy atom. The van der Waals surface area contributed by atoms with Crippen molar-refractivity contribution in [2.24, 2.45) is 11.8 Å². The maximum atomic E-state index is 5.28. The average Bonchev–Trinajstić information content (AvgIpc) is 2.45. The molecule has 1 fully saturated rings. The van der Waals surface area contributed by atoms with E-state index < -0.39 is 0 Å². The van der Waals surface area contributed by atoms with Crippen molar-refractivity contribution in [3.05, 3.63) is 23.9 Å². The van der Waals surface area contributed by atoms with Crippen LogP contribution in [-0.2, 0) is 6.54 Å². The molecule has 0 saturated heterocycles. The maximum absolute atomic E-state index is 5.28. The van der Waals surface area contributed by atoms with Crippen molar-refractivity contribution in [2.45, 2.75) is 52.1 Å². The summed E-state index contributed by atoms with van der Waals surface area (Å²) in [7, 11) is 1.68. The molecule has 1 N–H and O–H groups in total. The quantitative estimate of drug-likeness (QED) is 0.883. The van der Waals surface area contributed by atoms with Crippen molar-refractivity contribution >= 4 is 0 Å². The predicted octanol–water partition coefficient (Wildman–Crippen LogP) is 3.39. The fourth-order valence-electron chi connectivity index (χ4n) is 2.99. The van der Waals surface area contributed by atoms with Crippen molar-refractivity contribution in [3.63, 3.8) is 0 Å². The number of rotatable bonds is 5. The molecule has 1 aliphatic rings. The van der Waals surface area contributed by atoms with Gasteiger partial charge in [-0.25, -0.2) is 4.98 Å². The maximum Gasteiger partial charge on any atom is 0.217 e. The van der Waals surface area contributed by atoms with E-state index in [0.29, 0.717) is 6.04 Å². The molecule has 0 aromatic carbocycles. The zero-order valence-electron chi connectivity index (χ0n) is 12.4. The molecule has 0 spiro atoms. The van der Waals surface area contributed by atoms with Crippen LogP contribution < -0.4 is 10.1 Å². The number of ether oxygens (including phenoxy) is 1. The fraction of sp³-hybridized carbons (Fsp3) is 0.688. The third kappa shape index (κ3) is 3.93. The van der Waals surface area contributed by atoms with E-state index in [-0.39, 0.29) is 0 Å². The van der Waals surface area contributed by atoms with Gasteiger partial charge in [-0.05, 0) is 43.6 Å². The van der Waals surface area contributed by atoms with Gasteiger partial charge in [0.2, 0.25) is 5.88 Å². The Kier molecular flexibility index (Phi) is 5.20. The second kappa shape index (κ2) is 6.90. The van der Waals surface area contributed by atoms with Crippen molar-refractivity contribution in [2.75, 3.05) is 7.11 Å². The summed E-state index contributed by atoms with van der Waals surface area (Å²) in [4.78, 5) is 4.23. The molecule has 3 nitrogen and oxygen atoms in total. The second-order valence-electron chi connectivity index (χ2n) is 5.91. The lowest BCUT2D eigenvalue weighted by atomic mass is 9.80. The Morgan fingerprint density at radius 2 is 2.05 bits per heavy atom. The molecule has 0 aliphatic heterocycles. The molecule has 1 aromatic rings. The minimum absolute atomic E-state index is 0.653. The summed E-state index contributed by atoms with van der Waals surface area (Å²) in [6.45, 7) is 5.55. The number of nitrogens with one attached hydrogen (secondary N) is 1. The van der Waals surface area contributed by atoms with Gasteiger partial charge in [0.25, 0.3) is 0 Å². The molecular weight excluding hydrogens is 236 g/mol. The Hall–Kier alpha value is -1.09. The lowest BCUT2D eigenvalue weighted by molar-refractivity contribution is 0.237. The molecule has 0 amide bonds. The van der Waals surface area contributed by atoms with E-state index in [9.17, 15) is 0 Å². The minimum Gasteiger partial charge on any atom is -0.481 e. The predicted molar refractivity (Wildman–Crippen MR) is 78.2 cm³/mol. The molecule has 0 bridgehead atoms. The van der Waals surface area contributed by atoms with Crippen LogP contribution in [0, 0.1) is 11.8 Å². The third-order valence-electron chi connectivity index (χ3n) is 4.34. The Morgan fingerprint density at radius 3 is 2.68 bits per heavy atom. The summed E-state index contributed by atoms with van der Waals surface area (Å²) in [5.41, 5.74) is 1.15. The SMILES string of the molecule is COc1ncccc1CNC1CCC(C(C)C)CC1. The molecule has 1 heterocycles. The number of methoxy groups -OCH3 is 1. The average molecular weight is 262 g/mol. The van der Waals surface area contributed by atoms with Crippen molar-refractivity contribution < 1.29 is 4.74 Å². The molecule has 1 aromatic heterocycles. The summed E-state index contributed by atoms with van der Waals surface area (Å²) in [6.07, 6.45) is 7.09. The molecule has 1 saturated carbocycles. The highest BCUT2D eigenvalue weighted by Gasteiger charge is 2.22. The standard InChI is InChI=1S/C16H26N2O/c1-12(2)13-6-8-15(9-7-13)18-11-14-5-4-10-17-16(14)19-3/h4-5,10,12-13,15,18H,6-9,11H2,1-3H3. The molecule has 106 valence electrons. The van der Waals surface area contributed by atoms with Crippen LogP contribution in [0.1, 0.15) is 45.1 Å². The van der Waals surface area contributed by atoms with Crippen LogP contribution in [0.4, 0.5) is 0 Å². The summed E-state index contributed by atoms with van der Waals surface area (Å²) < 4.78 is 5.28. The summed E-state index contributed by atoms with van der Waals surface area (Å²) in [6, 6.07) is 4.70. The van der Waals surface area contributed by atoms with Gasteiger partial charge in [0.1, 0.15) is 0 Å². The van der Waals surface area contributed by atoms with E-state index >= 15 is 0 Å². The molecule has 0 atom stereocenters. The molecule has 3 heteroatoms. The monoisotopic (exact) mass is 262 g/mol. The fourth-order valence-corrected chi connectivity index (χ4v) is 2.99. The topological polar surface area (TPSA) is 34.1 Å². The van der Waals surface area contributed by atoms with E-state index in [1.54, 1.807) is 13.3 Å². The van der Waals surface area contributed by atoms with Crippen LogP contribution in [0.3, 0.4) is 0 Å².